The molecule has 25 heavy (non-hydrogen) atoms. The van der Waals surface area contributed by atoms with E-state index in [9.17, 15) is 4.79 Å². The van der Waals surface area contributed by atoms with Gasteiger partial charge in [-0.05, 0) is 39.7 Å². The minimum Gasteiger partial charge on any atom is -0.300 e. The molecule has 0 heterocycles. The molecule has 0 spiro atoms. The quantitative estimate of drug-likeness (QED) is 0.565. The number of aryl methyl sites for hydroxylation is 2. The summed E-state index contributed by atoms with van der Waals surface area (Å²) in [5.74, 6) is 0.409. The molecular weight excluding hydrogens is 304 g/mol. The number of ketones is 1. The van der Waals surface area contributed by atoms with Gasteiger partial charge in [-0.25, -0.2) is 0 Å². The normalized spacial score (nSPS) is 9.64. The third-order valence-electron chi connectivity index (χ3n) is 3.30. The molecule has 2 aromatic carbocycles. The highest BCUT2D eigenvalue weighted by molar-refractivity contribution is 5.78. The minimum atomic E-state index is 0.146. The van der Waals surface area contributed by atoms with Crippen LogP contribution in [0.4, 0.5) is 0 Å². The average molecular weight is 339 g/mol. The Morgan fingerprint density at radius 3 is 1.64 bits per heavy atom. The van der Waals surface area contributed by atoms with Crippen LogP contribution in [0.5, 0.6) is 0 Å². The van der Waals surface area contributed by atoms with Crippen LogP contribution in [0.1, 0.15) is 37.5 Å². The zero-order chi connectivity index (χ0) is 19.7. The van der Waals surface area contributed by atoms with Gasteiger partial charge >= 0.3 is 0 Å². The Morgan fingerprint density at radius 2 is 1.32 bits per heavy atom. The van der Waals surface area contributed by atoms with E-state index in [1.807, 2.05) is 32.0 Å². The second-order valence-electron chi connectivity index (χ2n) is 5.76. The summed E-state index contributed by atoms with van der Waals surface area (Å²) < 4.78 is 0. The first-order valence-corrected chi connectivity index (χ1v) is 8.55. The van der Waals surface area contributed by atoms with Gasteiger partial charge in [-0.3, -0.25) is 4.79 Å². The van der Waals surface area contributed by atoms with Crippen LogP contribution in [0.25, 0.3) is 0 Å². The third-order valence-corrected chi connectivity index (χ3v) is 3.30. The highest BCUT2D eigenvalue weighted by Crippen LogP contribution is 2.08. The van der Waals surface area contributed by atoms with Gasteiger partial charge < -0.3 is 0 Å². The van der Waals surface area contributed by atoms with Crippen LogP contribution >= 0.6 is 0 Å². The van der Waals surface area contributed by atoms with Crippen molar-refractivity contribution < 1.29 is 4.79 Å². The molecule has 0 unspecified atom stereocenters. The fourth-order valence-corrected chi connectivity index (χ4v) is 1.75. The Balaban J connectivity index is 0. The molecule has 0 aromatic heterocycles. The zero-order valence-electron chi connectivity index (χ0n) is 16.6. The molecule has 1 atom stereocenters. The van der Waals surface area contributed by atoms with Crippen molar-refractivity contribution in [3.8, 4) is 0 Å². The van der Waals surface area contributed by atoms with E-state index in [1.54, 1.807) is 13.0 Å². The Kier molecular flexibility index (Phi) is 16.3. The number of allylic oxidation sites excluding steroid dienone is 1. The van der Waals surface area contributed by atoms with Crippen LogP contribution in [0.15, 0.2) is 80.4 Å². The Bertz CT molecular complexity index is 546. The van der Waals surface area contributed by atoms with Crippen molar-refractivity contribution in [2.75, 3.05) is 0 Å². The van der Waals surface area contributed by atoms with Crippen LogP contribution in [0, 0.1) is 19.8 Å². The van der Waals surface area contributed by atoms with Crippen molar-refractivity contribution >= 4 is 5.78 Å². The lowest BCUT2D eigenvalue weighted by Gasteiger charge is -2.06. The van der Waals surface area contributed by atoms with E-state index in [4.69, 9.17) is 0 Å². The van der Waals surface area contributed by atoms with Crippen LogP contribution in [0.2, 0.25) is 0 Å². The lowest BCUT2D eigenvalue weighted by molar-refractivity contribution is -0.120. The van der Waals surface area contributed by atoms with E-state index in [0.29, 0.717) is 0 Å². The van der Waals surface area contributed by atoms with Crippen molar-refractivity contribution in [2.24, 2.45) is 5.92 Å². The summed E-state index contributed by atoms with van der Waals surface area (Å²) >= 11 is 0. The predicted molar refractivity (Wildman–Crippen MR) is 113 cm³/mol. The van der Waals surface area contributed by atoms with Crippen LogP contribution in [-0.4, -0.2) is 5.78 Å². The van der Waals surface area contributed by atoms with Gasteiger partial charge in [-0.1, -0.05) is 78.7 Å². The molecule has 2 rings (SSSR count). The number of hydrogen-bond acceptors (Lipinski definition) is 1. The predicted octanol–water partition coefficient (Wildman–Crippen LogP) is 6.75. The first-order valence-electron chi connectivity index (χ1n) is 8.55. The summed E-state index contributed by atoms with van der Waals surface area (Å²) in [6.07, 6.45) is 2.61. The molecule has 1 heteroatoms. The molecule has 0 aliphatic carbocycles. The first-order chi connectivity index (χ1) is 11.9. The topological polar surface area (TPSA) is 17.1 Å². The van der Waals surface area contributed by atoms with Gasteiger partial charge in [0.15, 0.2) is 0 Å². The van der Waals surface area contributed by atoms with Gasteiger partial charge in [0.1, 0.15) is 5.78 Å². The third kappa shape index (κ3) is 14.9. The van der Waals surface area contributed by atoms with Crippen LogP contribution in [-0.2, 0) is 11.2 Å². The summed E-state index contributed by atoms with van der Waals surface area (Å²) in [5.41, 5.74) is 3.89. The molecule has 0 aliphatic heterocycles. The van der Waals surface area contributed by atoms with E-state index in [2.05, 4.69) is 70.0 Å². The second-order valence-corrected chi connectivity index (χ2v) is 5.76. The van der Waals surface area contributed by atoms with Crippen molar-refractivity contribution in [3.63, 3.8) is 0 Å². The van der Waals surface area contributed by atoms with Gasteiger partial charge in [0.05, 0.1) is 0 Å². The molecule has 1 nitrogen and oxygen atoms in total. The standard InChI is InChI=1S/C11H14O.C8H10.C3H6.C2H4/c1-9(10(2)12)8-11-6-4-3-5-7-11;1-7-3-5-8(2)6-4-7;1-3-2;1-2/h3-7,9H,8H2,1-2H3;3-6H,1-2H3;3H,1H2,2H3;1-2H2/t9-;;;/m0.../s1. The van der Waals surface area contributed by atoms with Crippen molar-refractivity contribution in [3.05, 3.63) is 97.1 Å². The highest BCUT2D eigenvalue weighted by atomic mass is 16.1. The van der Waals surface area contributed by atoms with E-state index < -0.39 is 0 Å². The highest BCUT2D eigenvalue weighted by Gasteiger charge is 2.07. The maximum absolute atomic E-state index is 10.9. The second kappa shape index (κ2) is 16.4. The van der Waals surface area contributed by atoms with Crippen molar-refractivity contribution in [1.82, 2.24) is 0 Å². The van der Waals surface area contributed by atoms with E-state index in [0.717, 1.165) is 6.42 Å². The lowest BCUT2D eigenvalue weighted by atomic mass is 9.98. The SMILES string of the molecule is C=C.C=CC.CC(=O)[C@@H](C)Cc1ccccc1.Cc1ccc(C)cc1. The van der Waals surface area contributed by atoms with Gasteiger partial charge in [0, 0.05) is 5.92 Å². The number of rotatable bonds is 3. The van der Waals surface area contributed by atoms with E-state index >= 15 is 0 Å². The fraction of sp³-hybridized carbons (Fsp3) is 0.292. The molecule has 0 fully saturated rings. The van der Waals surface area contributed by atoms with Crippen molar-refractivity contribution in [1.29, 1.82) is 0 Å². The number of hydrogen-bond donors (Lipinski definition) is 0. The van der Waals surface area contributed by atoms with Crippen LogP contribution < -0.4 is 0 Å². The minimum absolute atomic E-state index is 0.146. The van der Waals surface area contributed by atoms with E-state index in [-0.39, 0.29) is 11.7 Å². The summed E-state index contributed by atoms with van der Waals surface area (Å²) in [5, 5.41) is 0. The fourth-order valence-electron chi connectivity index (χ4n) is 1.75. The molecule has 0 aliphatic rings. The van der Waals surface area contributed by atoms with Crippen molar-refractivity contribution in [2.45, 2.75) is 41.0 Å². The molecule has 0 radical (unpaired) electrons. The molecule has 0 saturated carbocycles. The van der Waals surface area contributed by atoms with Crippen LogP contribution in [0.3, 0.4) is 0 Å². The molecule has 0 saturated heterocycles. The molecule has 0 amide bonds. The maximum Gasteiger partial charge on any atom is 0.132 e. The van der Waals surface area contributed by atoms with E-state index in [1.165, 1.54) is 16.7 Å². The Labute approximate surface area is 155 Å². The van der Waals surface area contributed by atoms with Gasteiger partial charge in [0.2, 0.25) is 0 Å². The zero-order valence-corrected chi connectivity index (χ0v) is 16.6. The largest absolute Gasteiger partial charge is 0.300 e. The number of carbonyl (C=O) groups is 1. The monoisotopic (exact) mass is 338 g/mol. The summed E-state index contributed by atoms with van der Waals surface area (Å²) in [4.78, 5) is 10.9. The van der Waals surface area contributed by atoms with Gasteiger partial charge in [0.25, 0.3) is 0 Å². The molecular formula is C24H34O. The number of carbonyl (C=O) groups excluding carboxylic acids is 1. The summed E-state index contributed by atoms with van der Waals surface area (Å²) in [6, 6.07) is 18.6. The molecule has 0 bridgehead atoms. The molecule has 136 valence electrons. The lowest BCUT2D eigenvalue weighted by Crippen LogP contribution is -2.09. The van der Waals surface area contributed by atoms with Gasteiger partial charge in [-0.2, -0.15) is 0 Å². The average Bonchev–Trinajstić information content (AvgIpc) is 2.61. The molecule has 0 N–H and O–H groups in total. The number of benzene rings is 2. The maximum atomic E-state index is 10.9. The summed E-state index contributed by atoms with van der Waals surface area (Å²) in [6.45, 7) is 19.1. The van der Waals surface area contributed by atoms with Gasteiger partial charge in [-0.15, -0.1) is 19.7 Å². The number of Topliss-reactive ketones (excluding diaryl/α,β-unsaturated/α-hetero) is 1. The molecule has 2 aromatic rings. The Hall–Kier alpha value is -2.41. The first kappa shape index (κ1) is 24.8. The Morgan fingerprint density at radius 1 is 0.960 bits per heavy atom. The smallest absolute Gasteiger partial charge is 0.132 e. The summed E-state index contributed by atoms with van der Waals surface area (Å²) in [7, 11) is 0.